The molecule has 1 aromatic rings. The predicted molar refractivity (Wildman–Crippen MR) is 82.8 cm³/mol. The van der Waals surface area contributed by atoms with Crippen molar-refractivity contribution in [3.05, 3.63) is 33.0 Å². The van der Waals surface area contributed by atoms with Gasteiger partial charge in [-0.05, 0) is 65.8 Å². The van der Waals surface area contributed by atoms with Gasteiger partial charge in [-0.3, -0.25) is 4.79 Å². The molecule has 1 N–H and O–H groups in total. The molecule has 1 fully saturated rings. The van der Waals surface area contributed by atoms with E-state index in [9.17, 15) is 9.18 Å². The molecule has 0 radical (unpaired) electrons. The number of carbonyl (C=O) groups excluding carboxylic acids is 1. The van der Waals surface area contributed by atoms with E-state index in [0.717, 1.165) is 25.9 Å². The maximum absolute atomic E-state index is 14.0. The Balaban J connectivity index is 2.06. The lowest BCUT2D eigenvalue weighted by Gasteiger charge is -2.28. The SMILES string of the molecule is CC(CC(=O)c1ccc(Br)c(Cl)c1F)C1CCCNC1. The van der Waals surface area contributed by atoms with E-state index in [4.69, 9.17) is 11.6 Å². The molecule has 2 rings (SSSR count). The Hall–Kier alpha value is -0.450. The lowest BCUT2D eigenvalue weighted by atomic mass is 9.83. The van der Waals surface area contributed by atoms with Crippen LogP contribution in [0.15, 0.2) is 16.6 Å². The van der Waals surface area contributed by atoms with Gasteiger partial charge in [0, 0.05) is 10.9 Å². The number of hydrogen-bond acceptors (Lipinski definition) is 2. The van der Waals surface area contributed by atoms with E-state index < -0.39 is 5.82 Å². The van der Waals surface area contributed by atoms with Crippen LogP contribution in [0.1, 0.15) is 36.5 Å². The van der Waals surface area contributed by atoms with Gasteiger partial charge in [0.2, 0.25) is 0 Å². The van der Waals surface area contributed by atoms with Gasteiger partial charge in [0.1, 0.15) is 0 Å². The van der Waals surface area contributed by atoms with E-state index in [1.165, 1.54) is 6.07 Å². The number of Topliss-reactive ketones (excluding diaryl/α,β-unsaturated/α-hetero) is 1. The summed E-state index contributed by atoms with van der Waals surface area (Å²) in [6.45, 7) is 4.06. The van der Waals surface area contributed by atoms with Gasteiger partial charge in [-0.25, -0.2) is 4.39 Å². The standard InChI is InChI=1S/C15H18BrClFNO/c1-9(10-3-2-6-19-8-10)7-13(20)11-4-5-12(16)14(17)15(11)18/h4-5,9-10,19H,2-3,6-8H2,1H3. The predicted octanol–water partition coefficient (Wildman–Crippen LogP) is 4.45. The van der Waals surface area contributed by atoms with E-state index in [0.29, 0.717) is 16.8 Å². The van der Waals surface area contributed by atoms with E-state index in [2.05, 4.69) is 28.2 Å². The molecule has 1 heterocycles. The molecule has 1 aliphatic rings. The molecule has 2 atom stereocenters. The molecule has 0 bridgehead atoms. The summed E-state index contributed by atoms with van der Waals surface area (Å²) >= 11 is 8.98. The second-order valence-corrected chi connectivity index (χ2v) is 6.67. The summed E-state index contributed by atoms with van der Waals surface area (Å²) in [5, 5.41) is 3.32. The first-order valence-corrected chi connectivity index (χ1v) is 8.05. The zero-order valence-electron chi connectivity index (χ0n) is 11.4. The van der Waals surface area contributed by atoms with Crippen LogP contribution < -0.4 is 5.32 Å². The van der Waals surface area contributed by atoms with Crippen LogP contribution in [-0.2, 0) is 0 Å². The number of piperidine rings is 1. The Morgan fingerprint density at radius 2 is 2.35 bits per heavy atom. The third-order valence-corrected chi connectivity index (χ3v) is 5.24. The number of nitrogens with one attached hydrogen (secondary N) is 1. The van der Waals surface area contributed by atoms with Gasteiger partial charge >= 0.3 is 0 Å². The average Bonchev–Trinajstić information content (AvgIpc) is 2.45. The van der Waals surface area contributed by atoms with Gasteiger partial charge in [0.05, 0.1) is 10.6 Å². The Kier molecular flexibility index (Phi) is 5.58. The molecule has 1 saturated heterocycles. The highest BCUT2D eigenvalue weighted by Gasteiger charge is 2.24. The van der Waals surface area contributed by atoms with E-state index >= 15 is 0 Å². The van der Waals surface area contributed by atoms with Crippen molar-refractivity contribution < 1.29 is 9.18 Å². The molecule has 0 amide bonds. The van der Waals surface area contributed by atoms with Crippen molar-refractivity contribution in [1.82, 2.24) is 5.32 Å². The Morgan fingerprint density at radius 1 is 1.60 bits per heavy atom. The lowest BCUT2D eigenvalue weighted by molar-refractivity contribution is 0.0939. The third-order valence-electron chi connectivity index (χ3n) is 3.98. The quantitative estimate of drug-likeness (QED) is 0.633. The van der Waals surface area contributed by atoms with Crippen LogP contribution in [0.5, 0.6) is 0 Å². The third kappa shape index (κ3) is 3.60. The molecule has 2 unspecified atom stereocenters. The number of hydrogen-bond donors (Lipinski definition) is 1. The van der Waals surface area contributed by atoms with Crippen molar-refractivity contribution in [3.63, 3.8) is 0 Å². The highest BCUT2D eigenvalue weighted by Crippen LogP contribution is 2.30. The van der Waals surface area contributed by atoms with E-state index in [1.54, 1.807) is 6.07 Å². The van der Waals surface area contributed by atoms with Crippen LogP contribution >= 0.6 is 27.5 Å². The van der Waals surface area contributed by atoms with Crippen molar-refractivity contribution in [2.24, 2.45) is 11.8 Å². The highest BCUT2D eigenvalue weighted by atomic mass is 79.9. The normalized spacial score (nSPS) is 20.7. The van der Waals surface area contributed by atoms with Gasteiger partial charge in [0.15, 0.2) is 11.6 Å². The summed E-state index contributed by atoms with van der Waals surface area (Å²) in [6.07, 6.45) is 2.63. The minimum absolute atomic E-state index is 0.0252. The molecule has 0 aromatic heterocycles. The fraction of sp³-hybridized carbons (Fsp3) is 0.533. The minimum atomic E-state index is -0.625. The first-order valence-electron chi connectivity index (χ1n) is 6.88. The molecule has 0 saturated carbocycles. The smallest absolute Gasteiger partial charge is 0.166 e. The van der Waals surface area contributed by atoms with Crippen LogP contribution in [0.25, 0.3) is 0 Å². The van der Waals surface area contributed by atoms with E-state index in [-0.39, 0.29) is 22.3 Å². The number of rotatable bonds is 4. The summed E-state index contributed by atoms with van der Waals surface area (Å²) in [5.74, 6) is -0.0613. The van der Waals surface area contributed by atoms with Gasteiger partial charge < -0.3 is 5.32 Å². The van der Waals surface area contributed by atoms with Crippen LogP contribution in [0.4, 0.5) is 4.39 Å². The monoisotopic (exact) mass is 361 g/mol. The second kappa shape index (κ2) is 7.01. The average molecular weight is 363 g/mol. The molecule has 0 spiro atoms. The zero-order valence-corrected chi connectivity index (χ0v) is 13.7. The Labute approximate surface area is 132 Å². The Morgan fingerprint density at radius 3 is 3.00 bits per heavy atom. The molecule has 1 aliphatic heterocycles. The maximum atomic E-state index is 14.0. The zero-order chi connectivity index (χ0) is 14.7. The van der Waals surface area contributed by atoms with Crippen molar-refractivity contribution in [3.8, 4) is 0 Å². The fourth-order valence-corrected chi connectivity index (χ4v) is 3.15. The molecule has 0 aliphatic carbocycles. The highest BCUT2D eigenvalue weighted by molar-refractivity contribution is 9.10. The Bertz CT molecular complexity index is 503. The first kappa shape index (κ1) is 15.9. The largest absolute Gasteiger partial charge is 0.316 e. The van der Waals surface area contributed by atoms with Crippen molar-refractivity contribution in [2.45, 2.75) is 26.2 Å². The minimum Gasteiger partial charge on any atom is -0.316 e. The summed E-state index contributed by atoms with van der Waals surface area (Å²) in [6, 6.07) is 3.12. The van der Waals surface area contributed by atoms with Crippen LogP contribution in [-0.4, -0.2) is 18.9 Å². The summed E-state index contributed by atoms with van der Waals surface area (Å²) in [4.78, 5) is 12.2. The molecular weight excluding hydrogens is 345 g/mol. The van der Waals surface area contributed by atoms with Gasteiger partial charge in [-0.1, -0.05) is 18.5 Å². The number of ketones is 1. The van der Waals surface area contributed by atoms with Crippen LogP contribution in [0.2, 0.25) is 5.02 Å². The van der Waals surface area contributed by atoms with Crippen molar-refractivity contribution in [1.29, 1.82) is 0 Å². The maximum Gasteiger partial charge on any atom is 0.166 e. The van der Waals surface area contributed by atoms with Gasteiger partial charge in [0.25, 0.3) is 0 Å². The number of halogens is 3. The molecule has 1 aromatic carbocycles. The molecule has 2 nitrogen and oxygen atoms in total. The summed E-state index contributed by atoms with van der Waals surface area (Å²) in [5.41, 5.74) is 0.0915. The molecular formula is C15H18BrClFNO. The van der Waals surface area contributed by atoms with Crippen molar-refractivity contribution in [2.75, 3.05) is 13.1 Å². The summed E-state index contributed by atoms with van der Waals surface area (Å²) < 4.78 is 14.5. The van der Waals surface area contributed by atoms with Gasteiger partial charge in [-0.15, -0.1) is 0 Å². The lowest BCUT2D eigenvalue weighted by Crippen LogP contribution is -2.34. The van der Waals surface area contributed by atoms with Gasteiger partial charge in [-0.2, -0.15) is 0 Å². The van der Waals surface area contributed by atoms with E-state index in [1.807, 2.05) is 0 Å². The van der Waals surface area contributed by atoms with Crippen LogP contribution in [0, 0.1) is 17.7 Å². The van der Waals surface area contributed by atoms with Crippen molar-refractivity contribution >= 4 is 33.3 Å². The molecule has 110 valence electrons. The first-order chi connectivity index (χ1) is 9.50. The number of benzene rings is 1. The second-order valence-electron chi connectivity index (χ2n) is 5.43. The fourth-order valence-electron chi connectivity index (χ4n) is 2.67. The van der Waals surface area contributed by atoms with Crippen LogP contribution in [0.3, 0.4) is 0 Å². The topological polar surface area (TPSA) is 29.1 Å². The molecule has 20 heavy (non-hydrogen) atoms. The number of carbonyl (C=O) groups is 1. The molecule has 5 heteroatoms. The summed E-state index contributed by atoms with van der Waals surface area (Å²) in [7, 11) is 0.